The topological polar surface area (TPSA) is 61.0 Å². The van der Waals surface area contributed by atoms with Crippen LogP contribution in [0.15, 0.2) is 24.3 Å². The first-order chi connectivity index (χ1) is 8.60. The summed E-state index contributed by atoms with van der Waals surface area (Å²) in [7, 11) is 0. The minimum atomic E-state index is 0.351. The molecule has 2 aromatic rings. The largest absolute Gasteiger partial charge is 0.424 e. The summed E-state index contributed by atoms with van der Waals surface area (Å²) in [6, 6.07) is 8.12. The van der Waals surface area contributed by atoms with E-state index in [-0.39, 0.29) is 0 Å². The lowest BCUT2D eigenvalue weighted by Crippen LogP contribution is -2.04. The van der Waals surface area contributed by atoms with E-state index in [9.17, 15) is 0 Å². The summed E-state index contributed by atoms with van der Waals surface area (Å²) < 4.78 is 5.74. The molecule has 2 N–H and O–H groups in total. The van der Waals surface area contributed by atoms with Gasteiger partial charge in [0.15, 0.2) is 0 Å². The lowest BCUT2D eigenvalue weighted by atomic mass is 10.1. The van der Waals surface area contributed by atoms with E-state index in [1.807, 2.05) is 45.0 Å². The summed E-state index contributed by atoms with van der Waals surface area (Å²) in [5, 5.41) is 0. The number of rotatable bonds is 3. The fourth-order valence-electron chi connectivity index (χ4n) is 1.69. The first kappa shape index (κ1) is 12.5. The maximum absolute atomic E-state index is 5.74. The molecule has 0 atom stereocenters. The fraction of sp³-hybridized carbons (Fsp3) is 0.286. The molecule has 1 heterocycles. The van der Waals surface area contributed by atoms with Gasteiger partial charge in [0.1, 0.15) is 5.75 Å². The summed E-state index contributed by atoms with van der Waals surface area (Å²) in [6.07, 6.45) is 0. The average molecular weight is 243 g/mol. The quantitative estimate of drug-likeness (QED) is 0.900. The molecule has 1 aromatic heterocycles. The third-order valence-corrected chi connectivity index (χ3v) is 2.85. The molecule has 94 valence electrons. The van der Waals surface area contributed by atoms with Gasteiger partial charge in [-0.2, -0.15) is 4.98 Å². The predicted octanol–water partition coefficient (Wildman–Crippen LogP) is 2.65. The van der Waals surface area contributed by atoms with Crippen LogP contribution in [-0.2, 0) is 6.54 Å². The monoisotopic (exact) mass is 243 g/mol. The van der Waals surface area contributed by atoms with Crippen molar-refractivity contribution in [3.8, 4) is 11.8 Å². The average Bonchev–Trinajstić information content (AvgIpc) is 2.34. The van der Waals surface area contributed by atoms with Crippen LogP contribution in [0.5, 0.6) is 11.8 Å². The first-order valence-corrected chi connectivity index (χ1v) is 5.89. The van der Waals surface area contributed by atoms with Crippen LogP contribution in [-0.4, -0.2) is 9.97 Å². The van der Waals surface area contributed by atoms with Crippen molar-refractivity contribution >= 4 is 0 Å². The van der Waals surface area contributed by atoms with Crippen molar-refractivity contribution in [2.45, 2.75) is 27.3 Å². The van der Waals surface area contributed by atoms with Crippen molar-refractivity contribution in [1.82, 2.24) is 9.97 Å². The molecule has 2 rings (SSSR count). The normalized spacial score (nSPS) is 10.4. The second-order valence-corrected chi connectivity index (χ2v) is 4.29. The molecular weight excluding hydrogens is 226 g/mol. The summed E-state index contributed by atoms with van der Waals surface area (Å²) >= 11 is 0. The van der Waals surface area contributed by atoms with E-state index in [1.54, 1.807) is 0 Å². The van der Waals surface area contributed by atoms with Crippen molar-refractivity contribution in [1.29, 1.82) is 0 Å². The van der Waals surface area contributed by atoms with Gasteiger partial charge in [0, 0.05) is 12.2 Å². The number of hydrogen-bond acceptors (Lipinski definition) is 4. The number of aryl methyl sites for hydroxylation is 2. The number of hydrogen-bond donors (Lipinski definition) is 1. The Hall–Kier alpha value is -1.94. The molecular formula is C14H17N3O. The summed E-state index contributed by atoms with van der Waals surface area (Å²) in [5.74, 6) is 0.781. The molecule has 0 aliphatic heterocycles. The lowest BCUT2D eigenvalue weighted by Gasteiger charge is -2.10. The van der Waals surface area contributed by atoms with Crippen molar-refractivity contribution in [3.63, 3.8) is 0 Å². The van der Waals surface area contributed by atoms with E-state index in [2.05, 4.69) is 9.97 Å². The summed E-state index contributed by atoms with van der Waals surface area (Å²) in [5.41, 5.74) is 9.50. The van der Waals surface area contributed by atoms with E-state index in [4.69, 9.17) is 10.5 Å². The lowest BCUT2D eigenvalue weighted by molar-refractivity contribution is 0.434. The van der Waals surface area contributed by atoms with Gasteiger partial charge in [-0.05, 0) is 44.0 Å². The van der Waals surface area contributed by atoms with Gasteiger partial charge in [0.25, 0.3) is 0 Å². The second kappa shape index (κ2) is 5.14. The first-order valence-electron chi connectivity index (χ1n) is 5.89. The van der Waals surface area contributed by atoms with Gasteiger partial charge < -0.3 is 10.5 Å². The standard InChI is InChI=1S/C14H17N3O/c1-9-5-4-6-13(11(9)3)18-14-16-10(2)7-12(8-15)17-14/h4-7H,8,15H2,1-3H3. The van der Waals surface area contributed by atoms with Gasteiger partial charge in [-0.3, -0.25) is 0 Å². The maximum Gasteiger partial charge on any atom is 0.322 e. The van der Waals surface area contributed by atoms with Crippen molar-refractivity contribution in [3.05, 3.63) is 46.8 Å². The van der Waals surface area contributed by atoms with Crippen LogP contribution in [0.1, 0.15) is 22.5 Å². The Labute approximate surface area is 107 Å². The summed E-state index contributed by atoms with van der Waals surface area (Å²) in [4.78, 5) is 8.52. The fourth-order valence-corrected chi connectivity index (χ4v) is 1.69. The Morgan fingerprint density at radius 2 is 1.94 bits per heavy atom. The van der Waals surface area contributed by atoms with Gasteiger partial charge in [-0.1, -0.05) is 12.1 Å². The highest BCUT2D eigenvalue weighted by Gasteiger charge is 2.07. The molecule has 0 bridgehead atoms. The van der Waals surface area contributed by atoms with Gasteiger partial charge >= 0.3 is 6.01 Å². The van der Waals surface area contributed by atoms with E-state index in [1.165, 1.54) is 5.56 Å². The molecule has 0 spiro atoms. The van der Waals surface area contributed by atoms with Crippen LogP contribution < -0.4 is 10.5 Å². The van der Waals surface area contributed by atoms with Crippen molar-refractivity contribution in [2.24, 2.45) is 5.73 Å². The van der Waals surface area contributed by atoms with Crippen LogP contribution in [0.4, 0.5) is 0 Å². The zero-order valence-electron chi connectivity index (χ0n) is 10.9. The second-order valence-electron chi connectivity index (χ2n) is 4.29. The van der Waals surface area contributed by atoms with Gasteiger partial charge in [-0.15, -0.1) is 0 Å². The number of ether oxygens (including phenoxy) is 1. The van der Waals surface area contributed by atoms with Crippen LogP contribution >= 0.6 is 0 Å². The van der Waals surface area contributed by atoms with Crippen LogP contribution in [0.3, 0.4) is 0 Å². The molecule has 0 aliphatic carbocycles. The highest BCUT2D eigenvalue weighted by molar-refractivity contribution is 5.39. The molecule has 18 heavy (non-hydrogen) atoms. The molecule has 4 heteroatoms. The molecule has 0 amide bonds. The molecule has 0 fully saturated rings. The zero-order chi connectivity index (χ0) is 13.1. The molecule has 0 saturated carbocycles. The van der Waals surface area contributed by atoms with Gasteiger partial charge in [0.2, 0.25) is 0 Å². The number of nitrogens with zero attached hydrogens (tertiary/aromatic N) is 2. The Morgan fingerprint density at radius 3 is 2.67 bits per heavy atom. The molecule has 0 aliphatic rings. The number of benzene rings is 1. The molecule has 4 nitrogen and oxygen atoms in total. The Morgan fingerprint density at radius 1 is 1.17 bits per heavy atom. The highest BCUT2D eigenvalue weighted by atomic mass is 16.5. The van der Waals surface area contributed by atoms with Crippen LogP contribution in [0.2, 0.25) is 0 Å². The minimum absolute atomic E-state index is 0.351. The maximum atomic E-state index is 5.74. The molecule has 0 unspecified atom stereocenters. The third kappa shape index (κ3) is 2.65. The van der Waals surface area contributed by atoms with E-state index >= 15 is 0 Å². The van der Waals surface area contributed by atoms with E-state index in [0.29, 0.717) is 12.6 Å². The van der Waals surface area contributed by atoms with E-state index < -0.39 is 0 Å². The van der Waals surface area contributed by atoms with Gasteiger partial charge in [0.05, 0.1) is 5.69 Å². The van der Waals surface area contributed by atoms with Crippen molar-refractivity contribution < 1.29 is 4.74 Å². The molecule has 0 radical (unpaired) electrons. The highest BCUT2D eigenvalue weighted by Crippen LogP contribution is 2.24. The molecule has 1 aromatic carbocycles. The number of nitrogens with two attached hydrogens (primary N) is 1. The van der Waals surface area contributed by atoms with E-state index in [0.717, 1.165) is 22.7 Å². The minimum Gasteiger partial charge on any atom is -0.424 e. The Bertz CT molecular complexity index is 567. The van der Waals surface area contributed by atoms with Gasteiger partial charge in [-0.25, -0.2) is 4.98 Å². The zero-order valence-corrected chi connectivity index (χ0v) is 10.9. The third-order valence-electron chi connectivity index (χ3n) is 2.85. The Kier molecular flexibility index (Phi) is 3.58. The van der Waals surface area contributed by atoms with Crippen molar-refractivity contribution in [2.75, 3.05) is 0 Å². The number of aromatic nitrogens is 2. The van der Waals surface area contributed by atoms with Crippen LogP contribution in [0, 0.1) is 20.8 Å². The predicted molar refractivity (Wildman–Crippen MR) is 70.7 cm³/mol. The Balaban J connectivity index is 2.34. The summed E-state index contributed by atoms with van der Waals surface area (Å²) in [6.45, 7) is 6.35. The SMILES string of the molecule is Cc1cc(CN)nc(Oc2cccc(C)c2C)n1. The smallest absolute Gasteiger partial charge is 0.322 e. The molecule has 0 saturated heterocycles. The van der Waals surface area contributed by atoms with Crippen LogP contribution in [0.25, 0.3) is 0 Å².